The highest BCUT2D eigenvalue weighted by atomic mass is 16.4. The number of aryl methyl sites for hydroxylation is 1. The predicted octanol–water partition coefficient (Wildman–Crippen LogP) is 4.38. The van der Waals surface area contributed by atoms with Crippen LogP contribution in [0.1, 0.15) is 36.8 Å². The highest BCUT2D eigenvalue weighted by molar-refractivity contribution is 6.05. The quantitative estimate of drug-likeness (QED) is 0.758. The van der Waals surface area contributed by atoms with Gasteiger partial charge in [-0.05, 0) is 31.9 Å². The Morgan fingerprint density at radius 3 is 2.38 bits per heavy atom. The molecule has 4 nitrogen and oxygen atoms in total. The molecule has 0 unspecified atom stereocenters. The van der Waals surface area contributed by atoms with Crippen LogP contribution in [-0.4, -0.2) is 11.1 Å². The number of furan rings is 2. The van der Waals surface area contributed by atoms with Crippen molar-refractivity contribution in [3.05, 3.63) is 35.8 Å². The molecule has 1 fully saturated rings. The Bertz CT molecular complexity index is 795. The largest absolute Gasteiger partial charge is 0.481 e. The van der Waals surface area contributed by atoms with Gasteiger partial charge in [0.2, 0.25) is 0 Å². The topological polar surface area (TPSA) is 63.6 Å². The second-order valence-corrected chi connectivity index (χ2v) is 5.92. The molecule has 4 heteroatoms. The molecule has 0 spiro atoms. The molecule has 0 radical (unpaired) electrons. The van der Waals surface area contributed by atoms with Crippen molar-refractivity contribution in [1.29, 1.82) is 0 Å². The summed E-state index contributed by atoms with van der Waals surface area (Å²) in [6.45, 7) is 1.98. The van der Waals surface area contributed by atoms with Gasteiger partial charge in [-0.25, -0.2) is 0 Å². The molecular weight excluding hydrogens is 268 g/mol. The summed E-state index contributed by atoms with van der Waals surface area (Å²) < 4.78 is 11.3. The Balaban J connectivity index is 2.19. The minimum atomic E-state index is -0.855. The molecule has 1 saturated carbocycles. The second kappa shape index (κ2) is 4.13. The third kappa shape index (κ3) is 1.47. The second-order valence-electron chi connectivity index (χ2n) is 5.92. The van der Waals surface area contributed by atoms with E-state index in [1.807, 2.05) is 19.1 Å². The lowest BCUT2D eigenvalue weighted by Crippen LogP contribution is -2.33. The van der Waals surface area contributed by atoms with Gasteiger partial charge < -0.3 is 13.9 Å². The van der Waals surface area contributed by atoms with Crippen LogP contribution in [0.15, 0.2) is 33.5 Å². The molecule has 2 heterocycles. The number of carboxylic acids is 1. The normalized spacial score (nSPS) is 17.8. The van der Waals surface area contributed by atoms with E-state index >= 15 is 0 Å². The number of carbonyl (C=O) groups is 1. The molecule has 2 aromatic heterocycles. The molecule has 0 bridgehead atoms. The molecule has 0 atom stereocenters. The number of benzene rings is 1. The Morgan fingerprint density at radius 1 is 1.10 bits per heavy atom. The molecule has 0 saturated heterocycles. The molecule has 4 rings (SSSR count). The van der Waals surface area contributed by atoms with Crippen LogP contribution in [0.4, 0.5) is 0 Å². The Hall–Kier alpha value is -2.23. The SMILES string of the molecule is Cc1c2ccoc2c(C2(C(=O)O)CCCC2)c2ccoc12. The highest BCUT2D eigenvalue weighted by Gasteiger charge is 2.46. The number of carboxylic acid groups (broad SMARTS) is 1. The lowest BCUT2D eigenvalue weighted by molar-refractivity contribution is -0.143. The average molecular weight is 284 g/mol. The van der Waals surface area contributed by atoms with Crippen molar-refractivity contribution in [3.8, 4) is 0 Å². The Labute approximate surface area is 121 Å². The summed E-state index contributed by atoms with van der Waals surface area (Å²) in [6.07, 6.45) is 6.43. The molecule has 1 aliphatic carbocycles. The molecule has 1 N–H and O–H groups in total. The van der Waals surface area contributed by atoms with E-state index in [0.717, 1.165) is 40.3 Å². The van der Waals surface area contributed by atoms with Gasteiger partial charge in [0.15, 0.2) is 0 Å². The zero-order chi connectivity index (χ0) is 14.6. The zero-order valence-corrected chi connectivity index (χ0v) is 11.8. The van der Waals surface area contributed by atoms with Gasteiger partial charge in [0, 0.05) is 21.9 Å². The van der Waals surface area contributed by atoms with E-state index in [4.69, 9.17) is 8.83 Å². The van der Waals surface area contributed by atoms with Gasteiger partial charge in [0.05, 0.1) is 17.9 Å². The van der Waals surface area contributed by atoms with E-state index < -0.39 is 11.4 Å². The molecule has 21 heavy (non-hydrogen) atoms. The van der Waals surface area contributed by atoms with Crippen LogP contribution in [0.3, 0.4) is 0 Å². The van der Waals surface area contributed by atoms with Gasteiger partial charge in [-0.3, -0.25) is 4.79 Å². The first kappa shape index (κ1) is 12.5. The fourth-order valence-electron chi connectivity index (χ4n) is 3.86. The van der Waals surface area contributed by atoms with Crippen LogP contribution in [0.2, 0.25) is 0 Å². The van der Waals surface area contributed by atoms with Crippen LogP contribution < -0.4 is 0 Å². The van der Waals surface area contributed by atoms with Crippen molar-refractivity contribution in [2.24, 2.45) is 0 Å². The summed E-state index contributed by atoms with van der Waals surface area (Å²) >= 11 is 0. The Morgan fingerprint density at radius 2 is 1.71 bits per heavy atom. The molecule has 0 amide bonds. The van der Waals surface area contributed by atoms with Crippen LogP contribution in [0.25, 0.3) is 21.9 Å². The van der Waals surface area contributed by atoms with E-state index in [9.17, 15) is 9.90 Å². The number of hydrogen-bond donors (Lipinski definition) is 1. The minimum Gasteiger partial charge on any atom is -0.481 e. The van der Waals surface area contributed by atoms with Crippen molar-refractivity contribution in [2.75, 3.05) is 0 Å². The molecule has 108 valence electrons. The maximum atomic E-state index is 12.1. The fourth-order valence-corrected chi connectivity index (χ4v) is 3.86. The first-order valence-electron chi connectivity index (χ1n) is 7.26. The molecule has 3 aromatic rings. The third-order valence-electron chi connectivity index (χ3n) is 4.92. The molecule has 0 aliphatic heterocycles. The van der Waals surface area contributed by atoms with E-state index in [1.54, 1.807) is 12.5 Å². The molecule has 1 aliphatic rings. The molecule has 1 aromatic carbocycles. The van der Waals surface area contributed by atoms with Gasteiger partial charge in [-0.15, -0.1) is 0 Å². The highest BCUT2D eigenvalue weighted by Crippen LogP contribution is 2.48. The van der Waals surface area contributed by atoms with E-state index in [2.05, 4.69) is 0 Å². The van der Waals surface area contributed by atoms with Gasteiger partial charge >= 0.3 is 5.97 Å². The number of aliphatic carboxylic acids is 1. The van der Waals surface area contributed by atoms with Crippen molar-refractivity contribution in [1.82, 2.24) is 0 Å². The summed E-state index contributed by atoms with van der Waals surface area (Å²) in [6, 6.07) is 3.75. The molecular formula is C17H16O4. The third-order valence-corrected chi connectivity index (χ3v) is 4.92. The van der Waals surface area contributed by atoms with Crippen LogP contribution >= 0.6 is 0 Å². The van der Waals surface area contributed by atoms with Crippen LogP contribution in [0, 0.1) is 6.92 Å². The average Bonchev–Trinajstić information content (AvgIpc) is 3.20. The van der Waals surface area contributed by atoms with E-state index in [-0.39, 0.29) is 0 Å². The standard InChI is InChI=1S/C17H16O4/c1-10-11-4-8-21-15(11)13(12-5-9-20-14(10)12)17(16(18)19)6-2-3-7-17/h4-5,8-9H,2-3,6-7H2,1H3,(H,18,19). The maximum Gasteiger partial charge on any atom is 0.314 e. The van der Waals surface area contributed by atoms with E-state index in [1.165, 1.54) is 0 Å². The lowest BCUT2D eigenvalue weighted by atomic mass is 9.76. The van der Waals surface area contributed by atoms with Crippen molar-refractivity contribution in [2.45, 2.75) is 38.0 Å². The fraction of sp³-hybridized carbons (Fsp3) is 0.353. The van der Waals surface area contributed by atoms with Gasteiger partial charge in [0.25, 0.3) is 0 Å². The minimum absolute atomic E-state index is 0.654. The summed E-state index contributed by atoms with van der Waals surface area (Å²) in [5, 5.41) is 11.7. The maximum absolute atomic E-state index is 12.1. The summed E-state index contributed by atoms with van der Waals surface area (Å²) in [7, 11) is 0. The monoisotopic (exact) mass is 284 g/mol. The zero-order valence-electron chi connectivity index (χ0n) is 11.8. The number of hydrogen-bond acceptors (Lipinski definition) is 3. The van der Waals surface area contributed by atoms with Gasteiger partial charge in [0.1, 0.15) is 11.2 Å². The van der Waals surface area contributed by atoms with Crippen LogP contribution in [0.5, 0.6) is 0 Å². The predicted molar refractivity (Wildman–Crippen MR) is 78.5 cm³/mol. The van der Waals surface area contributed by atoms with Crippen LogP contribution in [-0.2, 0) is 10.2 Å². The summed E-state index contributed by atoms with van der Waals surface area (Å²) in [4.78, 5) is 12.1. The van der Waals surface area contributed by atoms with Crippen molar-refractivity contribution < 1.29 is 18.7 Å². The summed E-state index contributed by atoms with van der Waals surface area (Å²) in [5.74, 6) is -0.760. The first-order valence-corrected chi connectivity index (χ1v) is 7.26. The van der Waals surface area contributed by atoms with Crippen molar-refractivity contribution >= 4 is 27.9 Å². The van der Waals surface area contributed by atoms with Gasteiger partial charge in [-0.2, -0.15) is 0 Å². The number of fused-ring (bicyclic) bond motifs is 2. The number of rotatable bonds is 2. The smallest absolute Gasteiger partial charge is 0.314 e. The van der Waals surface area contributed by atoms with E-state index in [0.29, 0.717) is 18.4 Å². The van der Waals surface area contributed by atoms with Gasteiger partial charge in [-0.1, -0.05) is 12.8 Å². The lowest BCUT2D eigenvalue weighted by Gasteiger charge is -2.25. The summed E-state index contributed by atoms with van der Waals surface area (Å²) in [5.41, 5.74) is 2.41. The van der Waals surface area contributed by atoms with Crippen molar-refractivity contribution in [3.63, 3.8) is 0 Å². The first-order chi connectivity index (χ1) is 10.1. The Kier molecular flexibility index (Phi) is 2.46.